The molecule has 0 saturated heterocycles. The number of likely N-dealkylation sites (N-methyl/N-ethyl adjacent to an activating group) is 1. The molecule has 2 aromatic heterocycles. The van der Waals surface area contributed by atoms with E-state index in [0.29, 0.717) is 34.3 Å². The van der Waals surface area contributed by atoms with Gasteiger partial charge in [-0.15, -0.1) is 4.80 Å². The molecule has 2 amide bonds. The fourth-order valence-corrected chi connectivity index (χ4v) is 6.73. The molecule has 0 radical (unpaired) electrons. The van der Waals surface area contributed by atoms with Crippen molar-refractivity contribution in [3.8, 4) is 23.2 Å². The molecule has 53 heavy (non-hydrogen) atoms. The van der Waals surface area contributed by atoms with E-state index in [1.54, 1.807) is 30.9 Å². The molecule has 2 aliphatic rings. The van der Waals surface area contributed by atoms with Crippen molar-refractivity contribution in [1.29, 1.82) is 0 Å². The highest BCUT2D eigenvalue weighted by Crippen LogP contribution is 2.38. The Morgan fingerprint density at radius 1 is 0.943 bits per heavy atom. The summed E-state index contributed by atoms with van der Waals surface area (Å²) in [6, 6.07) is 21.2. The molecular formula is C40H40N8O5. The fourth-order valence-electron chi connectivity index (χ4n) is 6.73. The summed E-state index contributed by atoms with van der Waals surface area (Å²) in [6.45, 7) is 8.50. The van der Waals surface area contributed by atoms with Gasteiger partial charge in [-0.05, 0) is 60.0 Å². The lowest BCUT2D eigenvalue weighted by atomic mass is 9.78. The lowest BCUT2D eigenvalue weighted by molar-refractivity contribution is -0.124. The second-order valence-corrected chi connectivity index (χ2v) is 13.6. The maximum Gasteiger partial charge on any atom is 0.268 e. The van der Waals surface area contributed by atoms with E-state index in [2.05, 4.69) is 75.5 Å². The van der Waals surface area contributed by atoms with Gasteiger partial charge in [0.2, 0.25) is 5.91 Å². The first-order valence-electron chi connectivity index (χ1n) is 17.5. The minimum absolute atomic E-state index is 0.0790. The van der Waals surface area contributed by atoms with Crippen molar-refractivity contribution in [2.24, 2.45) is 0 Å². The highest BCUT2D eigenvalue weighted by Gasteiger charge is 2.39. The Labute approximate surface area is 307 Å². The predicted octanol–water partition coefficient (Wildman–Crippen LogP) is 5.72. The summed E-state index contributed by atoms with van der Waals surface area (Å²) in [5.41, 5.74) is 4.53. The Hall–Kier alpha value is -6.37. The van der Waals surface area contributed by atoms with Crippen molar-refractivity contribution in [2.45, 2.75) is 63.1 Å². The summed E-state index contributed by atoms with van der Waals surface area (Å²) < 4.78 is 12.3. The number of rotatable bonds is 14. The third-order valence-electron chi connectivity index (χ3n) is 9.86. The number of carbonyl (C=O) groups excluding carboxylic acids is 3. The minimum atomic E-state index is -0.801. The molecule has 1 fully saturated rings. The lowest BCUT2D eigenvalue weighted by Crippen LogP contribution is -2.45. The van der Waals surface area contributed by atoms with Gasteiger partial charge in [0.05, 0.1) is 24.8 Å². The highest BCUT2D eigenvalue weighted by atomic mass is 16.5. The molecule has 7 rings (SSSR count). The molecule has 1 atom stereocenters. The molecule has 1 aliphatic heterocycles. The van der Waals surface area contributed by atoms with Crippen LogP contribution in [0, 0.1) is 0 Å². The van der Waals surface area contributed by atoms with Crippen LogP contribution < -0.4 is 20.1 Å². The first kappa shape index (κ1) is 35.1. The monoisotopic (exact) mass is 712 g/mol. The first-order chi connectivity index (χ1) is 25.6. The number of carbonyl (C=O) groups is 3. The van der Waals surface area contributed by atoms with Crippen LogP contribution in [0.2, 0.25) is 0 Å². The second-order valence-electron chi connectivity index (χ2n) is 13.6. The van der Waals surface area contributed by atoms with E-state index in [4.69, 9.17) is 9.47 Å². The summed E-state index contributed by atoms with van der Waals surface area (Å²) in [4.78, 5) is 48.1. The Morgan fingerprint density at radius 2 is 1.58 bits per heavy atom. The van der Waals surface area contributed by atoms with Crippen LogP contribution in [-0.2, 0) is 15.0 Å². The molecule has 0 bridgehead atoms. The van der Waals surface area contributed by atoms with Gasteiger partial charge in [-0.25, -0.2) is 9.97 Å². The number of fused-ring (bicyclic) bond motifs is 1. The minimum Gasteiger partial charge on any atom is -0.490 e. The van der Waals surface area contributed by atoms with E-state index >= 15 is 0 Å². The van der Waals surface area contributed by atoms with Gasteiger partial charge in [-0.2, -0.15) is 10.2 Å². The third-order valence-corrected chi connectivity index (χ3v) is 9.86. The highest BCUT2D eigenvalue weighted by molar-refractivity contribution is 6.11. The first-order valence-corrected chi connectivity index (χ1v) is 17.5. The van der Waals surface area contributed by atoms with Crippen molar-refractivity contribution >= 4 is 29.5 Å². The summed E-state index contributed by atoms with van der Waals surface area (Å²) in [7, 11) is 1.51. The van der Waals surface area contributed by atoms with Crippen molar-refractivity contribution in [3.63, 3.8) is 0 Å². The Balaban J connectivity index is 0.909. The number of hydrogen-bond donors (Lipinski definition) is 2. The number of aromatic nitrogens is 5. The van der Waals surface area contributed by atoms with E-state index in [1.165, 1.54) is 16.7 Å². The molecule has 13 heteroatoms. The van der Waals surface area contributed by atoms with Crippen LogP contribution in [0.15, 0.2) is 98.1 Å². The number of nitrogens with one attached hydrogen (secondary N) is 2. The summed E-state index contributed by atoms with van der Waals surface area (Å²) in [6.07, 6.45) is 9.17. The Bertz CT molecular complexity index is 2110. The second kappa shape index (κ2) is 14.7. The van der Waals surface area contributed by atoms with Crippen LogP contribution in [0.25, 0.3) is 11.6 Å². The van der Waals surface area contributed by atoms with Gasteiger partial charge in [-0.1, -0.05) is 44.7 Å². The number of benzene rings is 3. The van der Waals surface area contributed by atoms with Gasteiger partial charge < -0.3 is 24.9 Å². The molecule has 1 unspecified atom stereocenters. The lowest BCUT2D eigenvalue weighted by Gasteiger charge is -2.36. The predicted molar refractivity (Wildman–Crippen MR) is 198 cm³/mol. The van der Waals surface area contributed by atoms with Gasteiger partial charge in [0.15, 0.2) is 5.75 Å². The SMILES string of the molecule is C=C1c2cc(NC3CC(Oc4ccc(C(C)(C)c5ccc(Oc6cnc(-n7nccn7)nc6)cc5)cc4)C3)ccc2C(=O)N1C(CCC=O)C(=O)NC. The van der Waals surface area contributed by atoms with E-state index in [1.807, 2.05) is 36.4 Å². The van der Waals surface area contributed by atoms with Crippen molar-refractivity contribution < 1.29 is 23.9 Å². The molecule has 1 saturated carbocycles. The zero-order valence-electron chi connectivity index (χ0n) is 29.7. The van der Waals surface area contributed by atoms with Gasteiger partial charge in [0.25, 0.3) is 11.9 Å². The van der Waals surface area contributed by atoms with Crippen LogP contribution in [-0.4, -0.2) is 73.2 Å². The van der Waals surface area contributed by atoms with Crippen molar-refractivity contribution in [2.75, 3.05) is 12.4 Å². The van der Waals surface area contributed by atoms with Crippen LogP contribution >= 0.6 is 0 Å². The maximum atomic E-state index is 13.2. The van der Waals surface area contributed by atoms with Crippen LogP contribution in [0.5, 0.6) is 17.2 Å². The third kappa shape index (κ3) is 7.23. The molecule has 3 aromatic carbocycles. The van der Waals surface area contributed by atoms with Gasteiger partial charge in [0.1, 0.15) is 29.9 Å². The quantitative estimate of drug-likeness (QED) is 0.137. The zero-order valence-corrected chi connectivity index (χ0v) is 29.7. The van der Waals surface area contributed by atoms with Crippen molar-refractivity contribution in [3.05, 3.63) is 120 Å². The summed E-state index contributed by atoms with van der Waals surface area (Å²) >= 11 is 0. The topological polar surface area (TPSA) is 153 Å². The fraction of sp³-hybridized carbons (Fsp3) is 0.275. The molecule has 0 spiro atoms. The van der Waals surface area contributed by atoms with Gasteiger partial charge in [0, 0.05) is 60.3 Å². The average molecular weight is 713 g/mol. The van der Waals surface area contributed by atoms with Crippen LogP contribution in [0.1, 0.15) is 66.6 Å². The molecule has 3 heterocycles. The Morgan fingerprint density at radius 3 is 2.21 bits per heavy atom. The summed E-state index contributed by atoms with van der Waals surface area (Å²) in [5.74, 6) is 1.75. The van der Waals surface area contributed by atoms with E-state index in [-0.39, 0.29) is 42.2 Å². The number of hydrogen-bond acceptors (Lipinski definition) is 10. The largest absolute Gasteiger partial charge is 0.490 e. The molecular weight excluding hydrogens is 672 g/mol. The number of amides is 2. The zero-order chi connectivity index (χ0) is 37.1. The number of aldehydes is 1. The number of nitrogens with zero attached hydrogens (tertiary/aromatic N) is 6. The van der Waals surface area contributed by atoms with Crippen LogP contribution in [0.4, 0.5) is 5.69 Å². The van der Waals surface area contributed by atoms with Crippen LogP contribution in [0.3, 0.4) is 0 Å². The van der Waals surface area contributed by atoms with E-state index in [0.717, 1.165) is 41.7 Å². The normalized spacial score (nSPS) is 17.1. The van der Waals surface area contributed by atoms with Crippen molar-refractivity contribution in [1.82, 2.24) is 35.2 Å². The van der Waals surface area contributed by atoms with Gasteiger partial charge in [-0.3, -0.25) is 14.5 Å². The molecule has 2 N–H and O–H groups in total. The van der Waals surface area contributed by atoms with E-state index in [9.17, 15) is 14.4 Å². The average Bonchev–Trinajstić information content (AvgIpc) is 3.78. The maximum absolute atomic E-state index is 13.2. The molecule has 270 valence electrons. The van der Waals surface area contributed by atoms with E-state index < -0.39 is 6.04 Å². The molecule has 13 nitrogen and oxygen atoms in total. The summed E-state index contributed by atoms with van der Waals surface area (Å²) in [5, 5.41) is 14.2. The number of ether oxygens (including phenoxy) is 2. The Kier molecular flexibility index (Phi) is 9.72. The smallest absolute Gasteiger partial charge is 0.268 e. The molecule has 5 aromatic rings. The van der Waals surface area contributed by atoms with Gasteiger partial charge >= 0.3 is 0 Å². The molecule has 1 aliphatic carbocycles. The number of anilines is 1. The standard InChI is InChI=1S/C40H40N8O5/c1-25-35-22-28(11-16-34(35)38(51)47(25)36(6-5-19-49)37(50)41-4)46-29-20-32(21-29)52-30-12-7-26(8-13-30)40(2,3)27-9-14-31(15-10-27)53-33-23-42-39(43-24-33)48-44-17-18-45-48/h7-19,22-24,29,32,36,46H,1,5-6,20-21H2,2-4H3,(H,41,50).